The van der Waals surface area contributed by atoms with Gasteiger partial charge in [-0.2, -0.15) is 0 Å². The first kappa shape index (κ1) is 14.4. The first-order valence-electron chi connectivity index (χ1n) is 6.46. The van der Waals surface area contributed by atoms with Crippen LogP contribution in [0.3, 0.4) is 0 Å². The zero-order valence-corrected chi connectivity index (χ0v) is 13.0. The van der Waals surface area contributed by atoms with Crippen molar-refractivity contribution in [1.29, 1.82) is 0 Å². The largest absolute Gasteiger partial charge is 0.368 e. The fourth-order valence-corrected chi connectivity index (χ4v) is 3.79. The molecule has 1 amide bonds. The van der Waals surface area contributed by atoms with Crippen LogP contribution in [0.15, 0.2) is 23.1 Å². The van der Waals surface area contributed by atoms with Gasteiger partial charge in [0.15, 0.2) is 15.0 Å². The number of carbonyl (C=O) groups is 1. The van der Waals surface area contributed by atoms with E-state index in [1.54, 1.807) is 12.1 Å². The lowest BCUT2D eigenvalue weighted by atomic mass is 10.2. The fraction of sp³-hybridized carbons (Fsp3) is 0.385. The predicted octanol–water partition coefficient (Wildman–Crippen LogP) is 1.82. The highest BCUT2D eigenvalue weighted by atomic mass is 32.2. The second kappa shape index (κ2) is 5.36. The quantitative estimate of drug-likeness (QED) is 0.930. The average molecular weight is 326 g/mol. The second-order valence-electron chi connectivity index (χ2n) is 4.91. The maximum Gasteiger partial charge on any atom is 0.255 e. The summed E-state index contributed by atoms with van der Waals surface area (Å²) in [6.45, 7) is 0.607. The molecule has 0 unspecified atom stereocenters. The van der Waals surface area contributed by atoms with Crippen LogP contribution >= 0.6 is 11.3 Å². The number of benzene rings is 1. The SMILES string of the molecule is CS(=O)(=O)c1ccc2nc(NC(=O)[C@H]3CCCO3)sc2c1. The van der Waals surface area contributed by atoms with Crippen LogP contribution in [0.25, 0.3) is 10.2 Å². The molecule has 1 atom stereocenters. The van der Waals surface area contributed by atoms with Crippen molar-refractivity contribution in [3.8, 4) is 0 Å². The zero-order valence-electron chi connectivity index (χ0n) is 11.3. The fourth-order valence-electron chi connectivity index (χ4n) is 2.16. The number of anilines is 1. The number of nitrogens with one attached hydrogen (secondary N) is 1. The Hall–Kier alpha value is -1.51. The number of aromatic nitrogens is 1. The van der Waals surface area contributed by atoms with Crippen LogP contribution in [0.2, 0.25) is 0 Å². The Morgan fingerprint density at radius 1 is 1.48 bits per heavy atom. The Bertz CT molecular complexity index is 792. The number of nitrogens with zero attached hydrogens (tertiary/aromatic N) is 1. The highest BCUT2D eigenvalue weighted by Crippen LogP contribution is 2.28. The first-order chi connectivity index (χ1) is 9.93. The molecule has 1 saturated heterocycles. The van der Waals surface area contributed by atoms with E-state index in [0.717, 1.165) is 23.8 Å². The van der Waals surface area contributed by atoms with E-state index in [-0.39, 0.29) is 10.8 Å². The molecule has 0 saturated carbocycles. The Morgan fingerprint density at radius 2 is 2.29 bits per heavy atom. The monoisotopic (exact) mass is 326 g/mol. The number of ether oxygens (including phenoxy) is 1. The van der Waals surface area contributed by atoms with Crippen molar-refractivity contribution < 1.29 is 17.9 Å². The van der Waals surface area contributed by atoms with Gasteiger partial charge in [-0.3, -0.25) is 10.1 Å². The van der Waals surface area contributed by atoms with Gasteiger partial charge in [-0.25, -0.2) is 13.4 Å². The van der Waals surface area contributed by atoms with Crippen molar-refractivity contribution in [2.24, 2.45) is 0 Å². The molecule has 6 nitrogen and oxygen atoms in total. The first-order valence-corrected chi connectivity index (χ1v) is 9.17. The molecule has 8 heteroatoms. The van der Waals surface area contributed by atoms with Crippen molar-refractivity contribution in [2.75, 3.05) is 18.2 Å². The topological polar surface area (TPSA) is 85.4 Å². The number of thiazole rings is 1. The molecular weight excluding hydrogens is 312 g/mol. The van der Waals surface area contributed by atoms with Crippen molar-refractivity contribution in [3.05, 3.63) is 18.2 Å². The summed E-state index contributed by atoms with van der Waals surface area (Å²) in [5.74, 6) is -0.199. The van der Waals surface area contributed by atoms with Gasteiger partial charge < -0.3 is 4.74 Å². The molecule has 1 fully saturated rings. The molecule has 0 aliphatic carbocycles. The molecule has 2 heterocycles. The van der Waals surface area contributed by atoms with Crippen LogP contribution < -0.4 is 5.32 Å². The van der Waals surface area contributed by atoms with E-state index in [2.05, 4.69) is 10.3 Å². The number of amides is 1. The van der Waals surface area contributed by atoms with Crippen molar-refractivity contribution >= 4 is 42.4 Å². The van der Waals surface area contributed by atoms with Gasteiger partial charge in [0, 0.05) is 12.9 Å². The Morgan fingerprint density at radius 3 is 2.95 bits per heavy atom. The number of carbonyl (C=O) groups excluding carboxylic acids is 1. The minimum atomic E-state index is -3.25. The molecule has 21 heavy (non-hydrogen) atoms. The third-order valence-corrected chi connectivity index (χ3v) is 5.28. The molecule has 2 aromatic rings. The van der Waals surface area contributed by atoms with Crippen LogP contribution in [-0.2, 0) is 19.4 Å². The van der Waals surface area contributed by atoms with E-state index in [1.165, 1.54) is 17.4 Å². The smallest absolute Gasteiger partial charge is 0.255 e. The van der Waals surface area contributed by atoms with Gasteiger partial charge in [-0.1, -0.05) is 11.3 Å². The lowest BCUT2D eigenvalue weighted by Gasteiger charge is -2.07. The van der Waals surface area contributed by atoms with E-state index < -0.39 is 15.9 Å². The number of hydrogen-bond donors (Lipinski definition) is 1. The molecule has 1 aliphatic rings. The van der Waals surface area contributed by atoms with Crippen LogP contribution in [-0.4, -0.2) is 38.3 Å². The molecule has 0 spiro atoms. The molecule has 0 radical (unpaired) electrons. The third-order valence-electron chi connectivity index (χ3n) is 3.24. The summed E-state index contributed by atoms with van der Waals surface area (Å²) in [6.07, 6.45) is 2.35. The van der Waals surface area contributed by atoms with E-state index in [0.29, 0.717) is 17.3 Å². The van der Waals surface area contributed by atoms with Gasteiger partial charge in [-0.05, 0) is 31.0 Å². The summed E-state index contributed by atoms with van der Waals surface area (Å²) < 4.78 is 29.1. The maximum atomic E-state index is 12.0. The molecular formula is C13H14N2O4S2. The highest BCUT2D eigenvalue weighted by molar-refractivity contribution is 7.90. The van der Waals surface area contributed by atoms with Crippen LogP contribution in [0.5, 0.6) is 0 Å². The predicted molar refractivity (Wildman–Crippen MR) is 80.3 cm³/mol. The Balaban J connectivity index is 1.85. The van der Waals surface area contributed by atoms with Gasteiger partial charge in [0.05, 0.1) is 15.1 Å². The second-order valence-corrected chi connectivity index (χ2v) is 7.96. The van der Waals surface area contributed by atoms with Crippen LogP contribution in [0, 0.1) is 0 Å². The summed E-state index contributed by atoms with van der Waals surface area (Å²) in [5.41, 5.74) is 0.662. The summed E-state index contributed by atoms with van der Waals surface area (Å²) in [5, 5.41) is 3.18. The van der Waals surface area contributed by atoms with Crippen molar-refractivity contribution in [3.63, 3.8) is 0 Å². The Kier molecular flexibility index (Phi) is 3.68. The highest BCUT2D eigenvalue weighted by Gasteiger charge is 2.24. The van der Waals surface area contributed by atoms with Gasteiger partial charge in [0.1, 0.15) is 6.10 Å². The lowest BCUT2D eigenvalue weighted by Crippen LogP contribution is -2.26. The minimum Gasteiger partial charge on any atom is -0.368 e. The summed E-state index contributed by atoms with van der Waals surface area (Å²) >= 11 is 1.25. The number of sulfone groups is 1. The maximum absolute atomic E-state index is 12.0. The molecule has 112 valence electrons. The van der Waals surface area contributed by atoms with Gasteiger partial charge in [-0.15, -0.1) is 0 Å². The van der Waals surface area contributed by atoms with Crippen molar-refractivity contribution in [1.82, 2.24) is 4.98 Å². The normalized spacial score (nSPS) is 19.0. The minimum absolute atomic E-state index is 0.199. The van der Waals surface area contributed by atoms with E-state index in [9.17, 15) is 13.2 Å². The number of rotatable bonds is 3. The molecule has 1 N–H and O–H groups in total. The lowest BCUT2D eigenvalue weighted by molar-refractivity contribution is -0.124. The summed E-state index contributed by atoms with van der Waals surface area (Å²) in [7, 11) is -3.25. The van der Waals surface area contributed by atoms with Gasteiger partial charge in [0.25, 0.3) is 5.91 Å². The molecule has 3 rings (SSSR count). The van der Waals surface area contributed by atoms with Gasteiger partial charge in [0.2, 0.25) is 0 Å². The molecule has 0 bridgehead atoms. The number of fused-ring (bicyclic) bond motifs is 1. The average Bonchev–Trinajstić information content (AvgIpc) is 3.05. The zero-order chi connectivity index (χ0) is 15.0. The number of hydrogen-bond acceptors (Lipinski definition) is 6. The summed E-state index contributed by atoms with van der Waals surface area (Å²) in [4.78, 5) is 16.5. The van der Waals surface area contributed by atoms with E-state index in [1.807, 2.05) is 0 Å². The van der Waals surface area contributed by atoms with E-state index in [4.69, 9.17) is 4.74 Å². The van der Waals surface area contributed by atoms with Crippen LogP contribution in [0.1, 0.15) is 12.8 Å². The standard InChI is InChI=1S/C13H14N2O4S2/c1-21(17,18)8-4-5-9-11(7-8)20-13(14-9)15-12(16)10-3-2-6-19-10/h4-5,7,10H,2-3,6H2,1H3,(H,14,15,16)/t10-/m1/s1. The van der Waals surface area contributed by atoms with E-state index >= 15 is 0 Å². The van der Waals surface area contributed by atoms with Gasteiger partial charge >= 0.3 is 0 Å². The Labute approximate surface area is 126 Å². The van der Waals surface area contributed by atoms with Crippen LogP contribution in [0.4, 0.5) is 5.13 Å². The molecule has 1 aromatic carbocycles. The molecule has 1 aromatic heterocycles. The summed E-state index contributed by atoms with van der Waals surface area (Å²) in [6, 6.07) is 4.73. The third kappa shape index (κ3) is 3.07. The molecule has 1 aliphatic heterocycles. The van der Waals surface area contributed by atoms with Crippen molar-refractivity contribution in [2.45, 2.75) is 23.8 Å².